The number of hydrogen-bond acceptors (Lipinski definition) is 5. The Morgan fingerprint density at radius 1 is 1.52 bits per heavy atom. The zero-order chi connectivity index (χ0) is 14.9. The van der Waals surface area contributed by atoms with E-state index in [0.29, 0.717) is 17.0 Å². The van der Waals surface area contributed by atoms with Gasteiger partial charge in [-0.15, -0.1) is 5.10 Å². The topological polar surface area (TPSA) is 79.9 Å². The molecule has 1 fully saturated rings. The lowest BCUT2D eigenvalue weighted by atomic mass is 10.1. The number of nitrogens with one attached hydrogen (secondary N) is 2. The van der Waals surface area contributed by atoms with Crippen molar-refractivity contribution in [2.75, 3.05) is 18.9 Å². The standard InChI is InChI=1S/C14H24N4O2S/c1-2-12-16-14(18-17-12)21-10-13(19)15-8-4-3-6-11-7-5-9-20-11/h11H,2-10H2,1H3,(H,15,19)(H,16,17,18). The van der Waals surface area contributed by atoms with Crippen LogP contribution in [-0.2, 0) is 16.0 Å². The molecule has 0 aromatic carbocycles. The van der Waals surface area contributed by atoms with E-state index in [0.717, 1.165) is 44.7 Å². The number of rotatable bonds is 9. The van der Waals surface area contributed by atoms with Gasteiger partial charge in [0.2, 0.25) is 11.1 Å². The van der Waals surface area contributed by atoms with E-state index >= 15 is 0 Å². The van der Waals surface area contributed by atoms with E-state index in [1.54, 1.807) is 0 Å². The molecule has 1 aliphatic heterocycles. The molecule has 1 aromatic rings. The molecule has 1 saturated heterocycles. The SMILES string of the molecule is CCc1nc(SCC(=O)NCCCCC2CCCO2)n[nH]1. The van der Waals surface area contributed by atoms with Crippen molar-refractivity contribution in [3.05, 3.63) is 5.82 Å². The lowest BCUT2D eigenvalue weighted by Gasteiger charge is -2.09. The van der Waals surface area contributed by atoms with Gasteiger partial charge in [0.05, 0.1) is 11.9 Å². The molecule has 0 spiro atoms. The van der Waals surface area contributed by atoms with Crippen LogP contribution in [0, 0.1) is 0 Å². The van der Waals surface area contributed by atoms with E-state index in [1.165, 1.54) is 24.6 Å². The fourth-order valence-corrected chi connectivity index (χ4v) is 2.93. The third-order valence-corrected chi connectivity index (χ3v) is 4.32. The third kappa shape index (κ3) is 6.05. The summed E-state index contributed by atoms with van der Waals surface area (Å²) in [5.41, 5.74) is 0. The van der Waals surface area contributed by atoms with E-state index in [-0.39, 0.29) is 5.91 Å². The molecule has 0 saturated carbocycles. The van der Waals surface area contributed by atoms with Crippen LogP contribution in [-0.4, -0.2) is 46.1 Å². The monoisotopic (exact) mass is 312 g/mol. The Labute approximate surface area is 129 Å². The summed E-state index contributed by atoms with van der Waals surface area (Å²) < 4.78 is 5.57. The predicted molar refractivity (Wildman–Crippen MR) is 82.3 cm³/mol. The second kappa shape index (κ2) is 9.04. The molecule has 2 N–H and O–H groups in total. The Balaban J connectivity index is 1.49. The fourth-order valence-electron chi connectivity index (χ4n) is 2.28. The van der Waals surface area contributed by atoms with Gasteiger partial charge in [-0.25, -0.2) is 4.98 Å². The van der Waals surface area contributed by atoms with Crippen molar-refractivity contribution >= 4 is 17.7 Å². The van der Waals surface area contributed by atoms with Gasteiger partial charge in [-0.05, 0) is 32.1 Å². The Bertz CT molecular complexity index is 432. The number of carbonyl (C=O) groups excluding carboxylic acids is 1. The summed E-state index contributed by atoms with van der Waals surface area (Å²) in [5.74, 6) is 1.26. The van der Waals surface area contributed by atoms with Crippen LogP contribution in [0.5, 0.6) is 0 Å². The summed E-state index contributed by atoms with van der Waals surface area (Å²) in [6.45, 7) is 3.66. The molecule has 1 amide bonds. The molecule has 118 valence electrons. The van der Waals surface area contributed by atoms with E-state index in [1.807, 2.05) is 6.92 Å². The molecule has 21 heavy (non-hydrogen) atoms. The van der Waals surface area contributed by atoms with Gasteiger partial charge in [0.15, 0.2) is 0 Å². The second-order valence-electron chi connectivity index (χ2n) is 5.19. The van der Waals surface area contributed by atoms with Gasteiger partial charge in [-0.3, -0.25) is 9.89 Å². The zero-order valence-electron chi connectivity index (χ0n) is 12.6. The fraction of sp³-hybridized carbons (Fsp3) is 0.786. The summed E-state index contributed by atoms with van der Waals surface area (Å²) in [7, 11) is 0. The Hall–Kier alpha value is -1.08. The van der Waals surface area contributed by atoms with Crippen LogP contribution in [0.4, 0.5) is 0 Å². The highest BCUT2D eigenvalue weighted by Gasteiger charge is 2.14. The van der Waals surface area contributed by atoms with Crippen LogP contribution in [0.25, 0.3) is 0 Å². The molecule has 1 aliphatic rings. The molecular weight excluding hydrogens is 288 g/mol. The molecule has 0 radical (unpaired) electrons. The summed E-state index contributed by atoms with van der Waals surface area (Å²) in [5, 5.41) is 10.5. The molecule has 1 aromatic heterocycles. The van der Waals surface area contributed by atoms with E-state index < -0.39 is 0 Å². The third-order valence-electron chi connectivity index (χ3n) is 3.48. The second-order valence-corrected chi connectivity index (χ2v) is 6.13. The first-order valence-electron chi connectivity index (χ1n) is 7.70. The number of aromatic amines is 1. The highest BCUT2D eigenvalue weighted by atomic mass is 32.2. The molecular formula is C14H24N4O2S. The van der Waals surface area contributed by atoms with Crippen molar-refractivity contribution in [1.82, 2.24) is 20.5 Å². The van der Waals surface area contributed by atoms with Crippen LogP contribution in [0.3, 0.4) is 0 Å². The van der Waals surface area contributed by atoms with Crippen LogP contribution < -0.4 is 5.32 Å². The van der Waals surface area contributed by atoms with Gasteiger partial charge >= 0.3 is 0 Å². The number of unbranched alkanes of at least 4 members (excludes halogenated alkanes) is 1. The quantitative estimate of drug-likeness (QED) is 0.538. The number of ether oxygens (including phenoxy) is 1. The average Bonchev–Trinajstić information content (AvgIpc) is 3.16. The molecule has 1 unspecified atom stereocenters. The van der Waals surface area contributed by atoms with Gasteiger partial charge in [-0.2, -0.15) is 0 Å². The number of carbonyl (C=O) groups is 1. The largest absolute Gasteiger partial charge is 0.378 e. The van der Waals surface area contributed by atoms with Crippen LogP contribution >= 0.6 is 11.8 Å². The van der Waals surface area contributed by atoms with Crippen LogP contribution in [0.2, 0.25) is 0 Å². The Morgan fingerprint density at radius 2 is 2.43 bits per heavy atom. The first-order valence-corrected chi connectivity index (χ1v) is 8.69. The predicted octanol–water partition coefficient (Wildman–Crippen LogP) is 1.92. The minimum atomic E-state index is 0.0416. The Kier molecular flexibility index (Phi) is 7.02. The van der Waals surface area contributed by atoms with E-state index in [2.05, 4.69) is 20.5 Å². The minimum absolute atomic E-state index is 0.0416. The van der Waals surface area contributed by atoms with Gasteiger partial charge < -0.3 is 10.1 Å². The minimum Gasteiger partial charge on any atom is -0.378 e. The molecule has 7 heteroatoms. The van der Waals surface area contributed by atoms with Crippen LogP contribution in [0.1, 0.15) is 44.9 Å². The van der Waals surface area contributed by atoms with Crippen LogP contribution in [0.15, 0.2) is 5.16 Å². The first-order chi connectivity index (χ1) is 10.3. The molecule has 0 bridgehead atoms. The van der Waals surface area contributed by atoms with Gasteiger partial charge in [0.25, 0.3) is 0 Å². The highest BCUT2D eigenvalue weighted by Crippen LogP contribution is 2.17. The lowest BCUT2D eigenvalue weighted by Crippen LogP contribution is -2.26. The summed E-state index contributed by atoms with van der Waals surface area (Å²) in [4.78, 5) is 15.9. The number of amides is 1. The lowest BCUT2D eigenvalue weighted by molar-refractivity contribution is -0.118. The van der Waals surface area contributed by atoms with E-state index in [9.17, 15) is 4.79 Å². The number of H-pyrrole nitrogens is 1. The van der Waals surface area contributed by atoms with Gasteiger partial charge in [-0.1, -0.05) is 18.7 Å². The van der Waals surface area contributed by atoms with E-state index in [4.69, 9.17) is 4.74 Å². The average molecular weight is 312 g/mol. The molecule has 0 aliphatic carbocycles. The maximum absolute atomic E-state index is 11.7. The number of nitrogens with zero attached hydrogens (tertiary/aromatic N) is 2. The summed E-state index contributed by atoms with van der Waals surface area (Å²) in [6.07, 6.45) is 6.90. The smallest absolute Gasteiger partial charge is 0.230 e. The number of aromatic nitrogens is 3. The van der Waals surface area contributed by atoms with Crippen molar-refractivity contribution in [3.63, 3.8) is 0 Å². The zero-order valence-corrected chi connectivity index (χ0v) is 13.4. The molecule has 2 rings (SSSR count). The van der Waals surface area contributed by atoms with Gasteiger partial charge in [0.1, 0.15) is 5.82 Å². The molecule has 2 heterocycles. The maximum atomic E-state index is 11.7. The van der Waals surface area contributed by atoms with Gasteiger partial charge in [0, 0.05) is 19.6 Å². The maximum Gasteiger partial charge on any atom is 0.230 e. The van der Waals surface area contributed by atoms with Crippen molar-refractivity contribution < 1.29 is 9.53 Å². The first kappa shape index (κ1) is 16.3. The normalized spacial score (nSPS) is 18.0. The Morgan fingerprint density at radius 3 is 3.14 bits per heavy atom. The van der Waals surface area contributed by atoms with Crippen molar-refractivity contribution in [3.8, 4) is 0 Å². The number of hydrogen-bond donors (Lipinski definition) is 2. The number of aryl methyl sites for hydroxylation is 1. The highest BCUT2D eigenvalue weighted by molar-refractivity contribution is 7.99. The van der Waals surface area contributed by atoms with Crippen molar-refractivity contribution in [2.45, 2.75) is 56.7 Å². The van der Waals surface area contributed by atoms with Crippen molar-refractivity contribution in [1.29, 1.82) is 0 Å². The summed E-state index contributed by atoms with van der Waals surface area (Å²) >= 11 is 1.36. The van der Waals surface area contributed by atoms with Crippen molar-refractivity contribution in [2.24, 2.45) is 0 Å². The number of thioether (sulfide) groups is 1. The summed E-state index contributed by atoms with van der Waals surface area (Å²) in [6, 6.07) is 0. The molecule has 6 nitrogen and oxygen atoms in total. The molecule has 1 atom stereocenters.